The van der Waals surface area contributed by atoms with Crippen molar-refractivity contribution in [1.82, 2.24) is 9.62 Å². The summed E-state index contributed by atoms with van der Waals surface area (Å²) in [6.45, 7) is 7.98. The van der Waals surface area contributed by atoms with Crippen LogP contribution in [0, 0.1) is 6.92 Å². The van der Waals surface area contributed by atoms with E-state index in [-0.39, 0.29) is 10.8 Å². The molecule has 2 aliphatic rings. The fourth-order valence-electron chi connectivity index (χ4n) is 4.28. The van der Waals surface area contributed by atoms with E-state index in [0.717, 1.165) is 32.2 Å². The Labute approximate surface area is 163 Å². The Hall–Kier alpha value is -1.44. The summed E-state index contributed by atoms with van der Waals surface area (Å²) in [7, 11) is -3.54. The molecule has 2 saturated heterocycles. The number of nitrogens with zero attached hydrogens (tertiary/aromatic N) is 1. The Kier molecular flexibility index (Phi) is 6.55. The van der Waals surface area contributed by atoms with Crippen LogP contribution in [-0.2, 0) is 10.0 Å². The molecule has 0 aromatic heterocycles. The maximum atomic E-state index is 13.0. The van der Waals surface area contributed by atoms with Gasteiger partial charge in [0.1, 0.15) is 6.04 Å². The van der Waals surface area contributed by atoms with E-state index in [1.54, 1.807) is 29.4 Å². The van der Waals surface area contributed by atoms with Crippen molar-refractivity contribution >= 4 is 15.9 Å². The quantitative estimate of drug-likeness (QED) is 0.755. The minimum atomic E-state index is -3.54. The molecule has 2 aliphatic heterocycles. The summed E-state index contributed by atoms with van der Waals surface area (Å²) >= 11 is 0. The van der Waals surface area contributed by atoms with E-state index in [4.69, 9.17) is 0 Å². The highest BCUT2D eigenvalue weighted by molar-refractivity contribution is 7.89. The Bertz CT molecular complexity index is 773. The molecular formula is C20H32N3O3S+. The predicted molar refractivity (Wildman–Crippen MR) is 106 cm³/mol. The third-order valence-electron chi connectivity index (χ3n) is 5.97. The van der Waals surface area contributed by atoms with Gasteiger partial charge in [0.2, 0.25) is 10.0 Å². The lowest BCUT2D eigenvalue weighted by atomic mass is 10.1. The van der Waals surface area contributed by atoms with Gasteiger partial charge in [-0.2, -0.15) is 4.31 Å². The molecule has 0 radical (unpaired) electrons. The van der Waals surface area contributed by atoms with E-state index >= 15 is 0 Å². The number of amides is 1. The fourth-order valence-corrected chi connectivity index (χ4v) is 6.05. The van der Waals surface area contributed by atoms with Crippen molar-refractivity contribution in [2.75, 3.05) is 32.7 Å². The largest absolute Gasteiger partial charge is 0.346 e. The van der Waals surface area contributed by atoms with Crippen LogP contribution in [0.25, 0.3) is 0 Å². The zero-order valence-corrected chi connectivity index (χ0v) is 17.3. The van der Waals surface area contributed by atoms with Crippen molar-refractivity contribution in [2.45, 2.75) is 56.9 Å². The lowest BCUT2D eigenvalue weighted by molar-refractivity contribution is -0.909. The van der Waals surface area contributed by atoms with Crippen LogP contribution in [0.2, 0.25) is 0 Å². The lowest BCUT2D eigenvalue weighted by Crippen LogP contribution is -3.14. The summed E-state index contributed by atoms with van der Waals surface area (Å²) < 4.78 is 27.6. The number of sulfonamides is 1. The second-order valence-corrected chi connectivity index (χ2v) is 9.66. The highest BCUT2D eigenvalue weighted by atomic mass is 32.2. The summed E-state index contributed by atoms with van der Waals surface area (Å²) in [5, 5.41) is 3.01. The molecule has 0 bridgehead atoms. The molecule has 0 spiro atoms. The van der Waals surface area contributed by atoms with Gasteiger partial charge in [0.05, 0.1) is 24.5 Å². The highest BCUT2D eigenvalue weighted by Crippen LogP contribution is 2.24. The van der Waals surface area contributed by atoms with Crippen molar-refractivity contribution in [3.8, 4) is 0 Å². The van der Waals surface area contributed by atoms with Crippen LogP contribution < -0.4 is 10.2 Å². The standard InChI is InChI=1S/C20H31N3O3S/c1-3-22-11-7-8-18(22)15-21-20(24)17-10-9-16(2)19(14-17)27(25,26)23-12-5-4-6-13-23/h9-10,14,18H,3-8,11-13,15H2,1-2H3,(H,21,24)/p+1/t18-/m1/s1. The van der Waals surface area contributed by atoms with E-state index in [1.165, 1.54) is 17.9 Å². The Morgan fingerprint density at radius 2 is 1.96 bits per heavy atom. The van der Waals surface area contributed by atoms with E-state index in [0.29, 0.717) is 36.8 Å². The number of piperidine rings is 1. The van der Waals surface area contributed by atoms with Gasteiger partial charge >= 0.3 is 0 Å². The van der Waals surface area contributed by atoms with Gasteiger partial charge in [-0.3, -0.25) is 4.79 Å². The summed E-state index contributed by atoms with van der Waals surface area (Å²) in [6.07, 6.45) is 5.20. The van der Waals surface area contributed by atoms with Crippen LogP contribution in [-0.4, -0.2) is 57.4 Å². The molecule has 7 heteroatoms. The zero-order chi connectivity index (χ0) is 19.4. The molecular weight excluding hydrogens is 362 g/mol. The fraction of sp³-hybridized carbons (Fsp3) is 0.650. The smallest absolute Gasteiger partial charge is 0.251 e. The summed E-state index contributed by atoms with van der Waals surface area (Å²) in [4.78, 5) is 14.4. The highest BCUT2D eigenvalue weighted by Gasteiger charge is 2.29. The van der Waals surface area contributed by atoms with Crippen molar-refractivity contribution in [3.63, 3.8) is 0 Å². The number of likely N-dealkylation sites (tertiary alicyclic amines) is 1. The molecule has 3 rings (SSSR count). The second-order valence-electron chi connectivity index (χ2n) is 7.76. The predicted octanol–water partition coefficient (Wildman–Crippen LogP) is 0.967. The molecule has 2 N–H and O–H groups in total. The van der Waals surface area contributed by atoms with Gasteiger partial charge in [-0.15, -0.1) is 0 Å². The number of rotatable bonds is 6. The molecule has 1 unspecified atom stereocenters. The first-order valence-corrected chi connectivity index (χ1v) is 11.6. The Balaban J connectivity index is 1.73. The SMILES string of the molecule is CC[NH+]1CCC[C@@H]1CNC(=O)c1ccc(C)c(S(=O)(=O)N2CCCCC2)c1. The second kappa shape index (κ2) is 8.71. The molecule has 1 aromatic rings. The minimum Gasteiger partial charge on any atom is -0.346 e. The molecule has 2 heterocycles. The summed E-state index contributed by atoms with van der Waals surface area (Å²) in [6, 6.07) is 5.47. The van der Waals surface area contributed by atoms with Gasteiger partial charge in [-0.05, 0) is 44.4 Å². The number of carbonyl (C=O) groups excluding carboxylic acids is 1. The van der Waals surface area contributed by atoms with Crippen LogP contribution in [0.5, 0.6) is 0 Å². The van der Waals surface area contributed by atoms with E-state index in [1.807, 2.05) is 0 Å². The molecule has 1 aromatic carbocycles. The van der Waals surface area contributed by atoms with Crippen molar-refractivity contribution in [2.24, 2.45) is 0 Å². The third-order valence-corrected chi connectivity index (χ3v) is 8.01. The molecule has 6 nitrogen and oxygen atoms in total. The first kappa shape index (κ1) is 20.3. The van der Waals surface area contributed by atoms with Crippen molar-refractivity contribution in [1.29, 1.82) is 0 Å². The molecule has 2 fully saturated rings. The molecule has 0 saturated carbocycles. The number of aryl methyl sites for hydroxylation is 1. The van der Waals surface area contributed by atoms with Gasteiger partial charge in [-0.25, -0.2) is 8.42 Å². The molecule has 150 valence electrons. The van der Waals surface area contributed by atoms with Gasteiger partial charge in [0.15, 0.2) is 0 Å². The maximum absolute atomic E-state index is 13.0. The number of carbonyl (C=O) groups is 1. The Morgan fingerprint density at radius 1 is 1.22 bits per heavy atom. The van der Waals surface area contributed by atoms with Crippen LogP contribution in [0.4, 0.5) is 0 Å². The normalized spacial score (nSPS) is 24.1. The molecule has 0 aliphatic carbocycles. The van der Waals surface area contributed by atoms with Crippen LogP contribution in [0.15, 0.2) is 23.1 Å². The summed E-state index contributed by atoms with van der Waals surface area (Å²) in [5.41, 5.74) is 1.11. The van der Waals surface area contributed by atoms with E-state index < -0.39 is 10.0 Å². The number of benzene rings is 1. The summed E-state index contributed by atoms with van der Waals surface area (Å²) in [5.74, 6) is -0.188. The number of likely N-dealkylation sites (N-methyl/N-ethyl adjacent to an activating group) is 1. The average Bonchev–Trinajstić information content (AvgIpc) is 3.14. The van der Waals surface area contributed by atoms with Gasteiger partial charge in [0, 0.05) is 31.5 Å². The topological polar surface area (TPSA) is 70.9 Å². The Morgan fingerprint density at radius 3 is 2.67 bits per heavy atom. The first-order chi connectivity index (χ1) is 12.9. The van der Waals surface area contributed by atoms with Gasteiger partial charge in [0.25, 0.3) is 5.91 Å². The van der Waals surface area contributed by atoms with Gasteiger partial charge in [-0.1, -0.05) is 12.5 Å². The van der Waals surface area contributed by atoms with Gasteiger partial charge < -0.3 is 10.2 Å². The lowest BCUT2D eigenvalue weighted by Gasteiger charge is -2.26. The number of quaternary nitrogens is 1. The monoisotopic (exact) mass is 394 g/mol. The molecule has 2 atom stereocenters. The first-order valence-electron chi connectivity index (χ1n) is 10.2. The number of hydrogen-bond donors (Lipinski definition) is 2. The number of nitrogens with one attached hydrogen (secondary N) is 2. The zero-order valence-electron chi connectivity index (χ0n) is 16.5. The van der Waals surface area contributed by atoms with Crippen LogP contribution >= 0.6 is 0 Å². The molecule has 27 heavy (non-hydrogen) atoms. The minimum absolute atomic E-state index is 0.188. The van der Waals surface area contributed by atoms with Crippen LogP contribution in [0.3, 0.4) is 0 Å². The number of hydrogen-bond acceptors (Lipinski definition) is 3. The molecule has 1 amide bonds. The maximum Gasteiger partial charge on any atom is 0.251 e. The van der Waals surface area contributed by atoms with Crippen LogP contribution in [0.1, 0.15) is 54.9 Å². The van der Waals surface area contributed by atoms with E-state index in [2.05, 4.69) is 12.2 Å². The van der Waals surface area contributed by atoms with E-state index in [9.17, 15) is 13.2 Å². The third kappa shape index (κ3) is 4.52. The van der Waals surface area contributed by atoms with Crippen molar-refractivity contribution in [3.05, 3.63) is 29.3 Å². The average molecular weight is 395 g/mol. The van der Waals surface area contributed by atoms with Crippen molar-refractivity contribution < 1.29 is 18.1 Å².